The maximum Gasteiger partial charge on any atom is 0.308 e. The molecule has 90 valence electrons. The topological polar surface area (TPSA) is 26.3 Å². The van der Waals surface area contributed by atoms with Crippen LogP contribution in [0, 0.1) is 5.92 Å². The number of hydrogen-bond donors (Lipinski definition) is 0. The van der Waals surface area contributed by atoms with Crippen molar-refractivity contribution in [1.29, 1.82) is 0 Å². The maximum atomic E-state index is 11.5. The zero-order valence-corrected chi connectivity index (χ0v) is 10.4. The summed E-state index contributed by atoms with van der Waals surface area (Å²) in [6.07, 6.45) is 4.49. The monoisotopic (exact) mass is 230 g/mol. The standard InChI is InChI=1S/C14H19BO2/c1-11(16)13-9-5-6-10-14(13)17-15-12-7-3-2-4-8-12/h2-4,7-8,13-15H,5-6,9-10H2,1H3. The molecule has 1 aromatic carbocycles. The van der Waals surface area contributed by atoms with E-state index in [0.717, 1.165) is 19.3 Å². The molecule has 0 bridgehead atoms. The summed E-state index contributed by atoms with van der Waals surface area (Å²) < 4.78 is 5.92. The summed E-state index contributed by atoms with van der Waals surface area (Å²) in [7, 11) is 0.620. The summed E-state index contributed by atoms with van der Waals surface area (Å²) in [5, 5.41) is 0. The van der Waals surface area contributed by atoms with E-state index in [9.17, 15) is 4.79 Å². The van der Waals surface area contributed by atoms with Crippen molar-refractivity contribution < 1.29 is 9.45 Å². The van der Waals surface area contributed by atoms with Crippen LogP contribution in [-0.4, -0.2) is 19.4 Å². The summed E-state index contributed by atoms with van der Waals surface area (Å²) >= 11 is 0. The minimum absolute atomic E-state index is 0.118. The van der Waals surface area contributed by atoms with Gasteiger partial charge in [0.05, 0.1) is 0 Å². The van der Waals surface area contributed by atoms with Crippen LogP contribution in [0.2, 0.25) is 0 Å². The maximum absolute atomic E-state index is 11.5. The van der Waals surface area contributed by atoms with Crippen molar-refractivity contribution in [3.63, 3.8) is 0 Å². The number of Topliss-reactive ketones (excluding diaryl/α,β-unsaturated/α-hetero) is 1. The SMILES string of the molecule is CC(=O)C1CCCCC1OBc1ccccc1. The second kappa shape index (κ2) is 6.01. The number of hydrogen-bond acceptors (Lipinski definition) is 2. The first-order valence-corrected chi connectivity index (χ1v) is 6.43. The van der Waals surface area contributed by atoms with E-state index in [1.807, 2.05) is 18.2 Å². The van der Waals surface area contributed by atoms with E-state index >= 15 is 0 Å². The zero-order valence-electron chi connectivity index (χ0n) is 10.4. The third kappa shape index (κ3) is 3.43. The lowest BCUT2D eigenvalue weighted by molar-refractivity contribution is -0.124. The van der Waals surface area contributed by atoms with Gasteiger partial charge < -0.3 is 4.65 Å². The van der Waals surface area contributed by atoms with Gasteiger partial charge in [0, 0.05) is 12.0 Å². The lowest BCUT2D eigenvalue weighted by Gasteiger charge is -2.30. The Labute approximate surface area is 104 Å². The molecule has 3 heteroatoms. The highest BCUT2D eigenvalue weighted by Crippen LogP contribution is 2.27. The molecule has 2 rings (SSSR count). The van der Waals surface area contributed by atoms with Crippen molar-refractivity contribution in [2.24, 2.45) is 5.92 Å². The second-order valence-electron chi connectivity index (χ2n) is 4.84. The molecule has 0 amide bonds. The Balaban J connectivity index is 1.90. The van der Waals surface area contributed by atoms with Crippen molar-refractivity contribution in [3.05, 3.63) is 30.3 Å². The highest BCUT2D eigenvalue weighted by atomic mass is 16.4. The summed E-state index contributed by atoms with van der Waals surface area (Å²) in [5.41, 5.74) is 1.18. The molecule has 2 nitrogen and oxygen atoms in total. The summed E-state index contributed by atoms with van der Waals surface area (Å²) in [6, 6.07) is 10.2. The second-order valence-corrected chi connectivity index (χ2v) is 4.84. The van der Waals surface area contributed by atoms with Crippen molar-refractivity contribution in [3.8, 4) is 0 Å². The van der Waals surface area contributed by atoms with Gasteiger partial charge in [-0.1, -0.05) is 48.6 Å². The molecule has 0 N–H and O–H groups in total. The van der Waals surface area contributed by atoms with Gasteiger partial charge in [-0.15, -0.1) is 0 Å². The normalized spacial score (nSPS) is 24.3. The third-order valence-corrected chi connectivity index (χ3v) is 3.53. The third-order valence-electron chi connectivity index (χ3n) is 3.53. The molecule has 1 saturated carbocycles. The molecule has 0 spiro atoms. The molecule has 1 aliphatic rings. The predicted octanol–water partition coefficient (Wildman–Crippen LogP) is 1.83. The summed E-state index contributed by atoms with van der Waals surface area (Å²) in [4.78, 5) is 11.5. The van der Waals surface area contributed by atoms with E-state index in [0.29, 0.717) is 7.48 Å². The largest absolute Gasteiger partial charge is 0.431 e. The molecular formula is C14H19BO2. The number of benzene rings is 1. The van der Waals surface area contributed by atoms with Crippen LogP contribution >= 0.6 is 0 Å². The minimum Gasteiger partial charge on any atom is -0.431 e. The molecule has 1 aromatic rings. The van der Waals surface area contributed by atoms with E-state index < -0.39 is 0 Å². The molecule has 0 aromatic heterocycles. The first-order valence-electron chi connectivity index (χ1n) is 6.43. The Hall–Kier alpha value is -1.09. The average molecular weight is 230 g/mol. The number of ketones is 1. The molecule has 1 fully saturated rings. The van der Waals surface area contributed by atoms with Gasteiger partial charge in [0.15, 0.2) is 0 Å². The smallest absolute Gasteiger partial charge is 0.308 e. The van der Waals surface area contributed by atoms with Crippen molar-refractivity contribution in [1.82, 2.24) is 0 Å². The van der Waals surface area contributed by atoms with Crippen LogP contribution in [0.15, 0.2) is 30.3 Å². The van der Waals surface area contributed by atoms with Gasteiger partial charge in [0.1, 0.15) is 5.78 Å². The first kappa shape index (κ1) is 12.4. The fourth-order valence-corrected chi connectivity index (χ4v) is 2.54. The average Bonchev–Trinajstić information content (AvgIpc) is 2.38. The van der Waals surface area contributed by atoms with Gasteiger partial charge >= 0.3 is 7.48 Å². The van der Waals surface area contributed by atoms with Crippen LogP contribution < -0.4 is 5.46 Å². The van der Waals surface area contributed by atoms with Gasteiger partial charge in [-0.3, -0.25) is 4.79 Å². The highest BCUT2D eigenvalue weighted by Gasteiger charge is 2.28. The molecule has 0 radical (unpaired) electrons. The molecular weight excluding hydrogens is 211 g/mol. The number of rotatable bonds is 4. The highest BCUT2D eigenvalue weighted by molar-refractivity contribution is 6.46. The lowest BCUT2D eigenvalue weighted by atomic mass is 9.81. The van der Waals surface area contributed by atoms with Crippen LogP contribution in [-0.2, 0) is 9.45 Å². The quantitative estimate of drug-likeness (QED) is 0.737. The Morgan fingerprint density at radius 3 is 2.65 bits per heavy atom. The van der Waals surface area contributed by atoms with E-state index in [-0.39, 0.29) is 17.8 Å². The van der Waals surface area contributed by atoms with Crippen molar-refractivity contribution in [2.75, 3.05) is 0 Å². The number of carbonyl (C=O) groups is 1. The zero-order chi connectivity index (χ0) is 12.1. The Morgan fingerprint density at radius 2 is 1.94 bits per heavy atom. The van der Waals surface area contributed by atoms with Gasteiger partial charge in [0.25, 0.3) is 0 Å². The molecule has 17 heavy (non-hydrogen) atoms. The molecule has 0 heterocycles. The van der Waals surface area contributed by atoms with Crippen molar-refractivity contribution in [2.45, 2.75) is 38.7 Å². The molecule has 2 unspecified atom stereocenters. The van der Waals surface area contributed by atoms with Crippen LogP contribution in [0.3, 0.4) is 0 Å². The fraction of sp³-hybridized carbons (Fsp3) is 0.500. The first-order chi connectivity index (χ1) is 8.27. The molecule has 0 saturated heterocycles. The van der Waals surface area contributed by atoms with Crippen LogP contribution in [0.4, 0.5) is 0 Å². The van der Waals surface area contributed by atoms with E-state index in [1.54, 1.807) is 6.92 Å². The number of carbonyl (C=O) groups excluding carboxylic acids is 1. The van der Waals surface area contributed by atoms with E-state index in [1.165, 1.54) is 11.9 Å². The van der Waals surface area contributed by atoms with Gasteiger partial charge in [0.2, 0.25) is 0 Å². The van der Waals surface area contributed by atoms with Crippen LogP contribution in [0.5, 0.6) is 0 Å². The predicted molar refractivity (Wildman–Crippen MR) is 70.7 cm³/mol. The molecule has 2 atom stereocenters. The van der Waals surface area contributed by atoms with Crippen LogP contribution in [0.1, 0.15) is 32.6 Å². The fourth-order valence-electron chi connectivity index (χ4n) is 2.54. The minimum atomic E-state index is 0.118. The Morgan fingerprint density at radius 1 is 1.24 bits per heavy atom. The lowest BCUT2D eigenvalue weighted by Crippen LogP contribution is -2.35. The van der Waals surface area contributed by atoms with Gasteiger partial charge in [-0.05, 0) is 19.8 Å². The van der Waals surface area contributed by atoms with Gasteiger partial charge in [-0.2, -0.15) is 0 Å². The van der Waals surface area contributed by atoms with E-state index in [2.05, 4.69) is 12.1 Å². The van der Waals surface area contributed by atoms with E-state index in [4.69, 9.17) is 4.65 Å². The summed E-state index contributed by atoms with van der Waals surface area (Å²) in [6.45, 7) is 1.69. The molecule has 1 aliphatic carbocycles. The Kier molecular flexibility index (Phi) is 4.38. The Bertz CT molecular complexity index is 364. The molecule has 0 aliphatic heterocycles. The summed E-state index contributed by atoms with van der Waals surface area (Å²) in [5.74, 6) is 0.398. The van der Waals surface area contributed by atoms with Gasteiger partial charge in [-0.25, -0.2) is 0 Å². The van der Waals surface area contributed by atoms with Crippen LogP contribution in [0.25, 0.3) is 0 Å². The van der Waals surface area contributed by atoms with Crippen molar-refractivity contribution >= 4 is 18.7 Å².